The molecule has 1 aromatic carbocycles. The van der Waals surface area contributed by atoms with E-state index in [4.69, 9.17) is 0 Å². The minimum absolute atomic E-state index is 0.389. The van der Waals surface area contributed by atoms with Gasteiger partial charge in [0, 0.05) is 12.1 Å². The summed E-state index contributed by atoms with van der Waals surface area (Å²) in [6.45, 7) is 4.36. The van der Waals surface area contributed by atoms with Crippen LogP contribution in [0.5, 0.6) is 0 Å². The van der Waals surface area contributed by atoms with Gasteiger partial charge in [-0.05, 0) is 40.6 Å². The van der Waals surface area contributed by atoms with Crippen molar-refractivity contribution in [3.63, 3.8) is 0 Å². The molecule has 0 heterocycles. The number of likely N-dealkylation sites (N-methyl/N-ethyl adjacent to an activating group) is 2. The zero-order valence-electron chi connectivity index (χ0n) is 10.4. The minimum atomic E-state index is 0.389. The second-order valence-electron chi connectivity index (χ2n) is 4.38. The quantitative estimate of drug-likeness (QED) is 0.812. The van der Waals surface area contributed by atoms with Gasteiger partial charge in [0.15, 0.2) is 0 Å². The van der Waals surface area contributed by atoms with E-state index in [1.54, 1.807) is 0 Å². The first-order chi connectivity index (χ1) is 7.06. The van der Waals surface area contributed by atoms with Gasteiger partial charge in [-0.1, -0.05) is 29.8 Å². The van der Waals surface area contributed by atoms with Gasteiger partial charge in [-0.2, -0.15) is 0 Å². The number of nitrogens with zero attached hydrogens (tertiary/aromatic N) is 1. The molecule has 84 valence electrons. The van der Waals surface area contributed by atoms with E-state index in [0.717, 1.165) is 0 Å². The molecule has 0 aliphatic carbocycles. The molecule has 0 radical (unpaired) electrons. The lowest BCUT2D eigenvalue weighted by Crippen LogP contribution is -2.37. The Bertz CT molecular complexity index is 290. The normalized spacial score (nSPS) is 15.3. The molecule has 0 saturated heterocycles. The topological polar surface area (TPSA) is 15.3 Å². The molecule has 15 heavy (non-hydrogen) atoms. The molecule has 2 unspecified atom stereocenters. The van der Waals surface area contributed by atoms with Crippen LogP contribution in [-0.4, -0.2) is 32.1 Å². The molecule has 0 amide bonds. The molecule has 2 nitrogen and oxygen atoms in total. The number of hydrogen-bond donors (Lipinski definition) is 1. The number of hydrogen-bond acceptors (Lipinski definition) is 2. The largest absolute Gasteiger partial charge is 0.312 e. The molecule has 0 spiro atoms. The van der Waals surface area contributed by atoms with Crippen molar-refractivity contribution < 1.29 is 0 Å². The summed E-state index contributed by atoms with van der Waals surface area (Å²) in [6, 6.07) is 9.62. The van der Waals surface area contributed by atoms with E-state index in [2.05, 4.69) is 62.4 Å². The fourth-order valence-electron chi connectivity index (χ4n) is 1.76. The van der Waals surface area contributed by atoms with Crippen molar-refractivity contribution in [3.8, 4) is 0 Å². The third kappa shape index (κ3) is 3.05. The highest BCUT2D eigenvalue weighted by atomic mass is 15.1. The lowest BCUT2D eigenvalue weighted by molar-refractivity contribution is 0.254. The molecule has 1 N–H and O–H groups in total. The van der Waals surface area contributed by atoms with Crippen LogP contribution in [0.15, 0.2) is 24.3 Å². The van der Waals surface area contributed by atoms with Gasteiger partial charge in [0.1, 0.15) is 0 Å². The molecule has 1 rings (SSSR count). The van der Waals surface area contributed by atoms with Gasteiger partial charge < -0.3 is 10.2 Å². The summed E-state index contributed by atoms with van der Waals surface area (Å²) in [5.74, 6) is 0. The Labute approximate surface area is 93.3 Å². The fourth-order valence-corrected chi connectivity index (χ4v) is 1.76. The van der Waals surface area contributed by atoms with Gasteiger partial charge in [-0.15, -0.1) is 0 Å². The SMILES string of the molecule is CNC(c1ccc(C)cc1)C(C)N(C)C. The van der Waals surface area contributed by atoms with Crippen molar-refractivity contribution in [1.82, 2.24) is 10.2 Å². The van der Waals surface area contributed by atoms with E-state index >= 15 is 0 Å². The first-order valence-corrected chi connectivity index (χ1v) is 5.46. The predicted octanol–water partition coefficient (Wildman–Crippen LogP) is 2.21. The summed E-state index contributed by atoms with van der Waals surface area (Å²) < 4.78 is 0. The van der Waals surface area contributed by atoms with Crippen LogP contribution < -0.4 is 5.32 Å². The molecule has 0 bridgehead atoms. The van der Waals surface area contributed by atoms with Crippen molar-refractivity contribution >= 4 is 0 Å². The zero-order valence-corrected chi connectivity index (χ0v) is 10.4. The third-order valence-electron chi connectivity index (χ3n) is 3.04. The smallest absolute Gasteiger partial charge is 0.0472 e. The van der Waals surface area contributed by atoms with Crippen LogP contribution in [0.1, 0.15) is 24.1 Å². The highest BCUT2D eigenvalue weighted by Crippen LogP contribution is 2.19. The van der Waals surface area contributed by atoms with Crippen molar-refractivity contribution in [2.45, 2.75) is 25.9 Å². The maximum Gasteiger partial charge on any atom is 0.0472 e. The number of aryl methyl sites for hydroxylation is 1. The molecule has 2 heteroatoms. The molecule has 0 aromatic heterocycles. The van der Waals surface area contributed by atoms with E-state index in [-0.39, 0.29) is 0 Å². The highest BCUT2D eigenvalue weighted by Gasteiger charge is 2.18. The van der Waals surface area contributed by atoms with Crippen LogP contribution in [0.3, 0.4) is 0 Å². The van der Waals surface area contributed by atoms with E-state index < -0.39 is 0 Å². The molecule has 0 aliphatic rings. The fraction of sp³-hybridized carbons (Fsp3) is 0.538. The molecule has 0 aliphatic heterocycles. The van der Waals surface area contributed by atoms with Gasteiger partial charge in [-0.25, -0.2) is 0 Å². The third-order valence-corrected chi connectivity index (χ3v) is 3.04. The van der Waals surface area contributed by atoms with Crippen molar-refractivity contribution in [3.05, 3.63) is 35.4 Å². The van der Waals surface area contributed by atoms with Gasteiger partial charge in [0.25, 0.3) is 0 Å². The average Bonchev–Trinajstić information content (AvgIpc) is 2.21. The summed E-state index contributed by atoms with van der Waals surface area (Å²) >= 11 is 0. The van der Waals surface area contributed by atoms with Gasteiger partial charge >= 0.3 is 0 Å². The number of nitrogens with one attached hydrogen (secondary N) is 1. The second kappa shape index (κ2) is 5.29. The van der Waals surface area contributed by atoms with Crippen LogP contribution in [-0.2, 0) is 0 Å². The Hall–Kier alpha value is -0.860. The van der Waals surface area contributed by atoms with Crippen molar-refractivity contribution in [1.29, 1.82) is 0 Å². The van der Waals surface area contributed by atoms with Crippen LogP contribution >= 0.6 is 0 Å². The minimum Gasteiger partial charge on any atom is -0.312 e. The van der Waals surface area contributed by atoms with Crippen LogP contribution in [0, 0.1) is 6.92 Å². The molecule has 1 aromatic rings. The van der Waals surface area contributed by atoms with Crippen molar-refractivity contribution in [2.24, 2.45) is 0 Å². The molecular formula is C13H22N2. The lowest BCUT2D eigenvalue weighted by Gasteiger charge is -2.29. The highest BCUT2D eigenvalue weighted by molar-refractivity contribution is 5.25. The Morgan fingerprint density at radius 3 is 2.07 bits per heavy atom. The monoisotopic (exact) mass is 206 g/mol. The summed E-state index contributed by atoms with van der Waals surface area (Å²) in [6.07, 6.45) is 0. The van der Waals surface area contributed by atoms with Crippen LogP contribution in [0.2, 0.25) is 0 Å². The Morgan fingerprint density at radius 2 is 1.67 bits per heavy atom. The standard InChI is InChI=1S/C13H22N2/c1-10-6-8-12(9-7-10)13(14-3)11(2)15(4)5/h6-9,11,13-14H,1-5H3. The molecular weight excluding hydrogens is 184 g/mol. The van der Waals surface area contributed by atoms with E-state index in [1.807, 2.05) is 7.05 Å². The maximum absolute atomic E-state index is 3.38. The zero-order chi connectivity index (χ0) is 11.4. The molecule has 2 atom stereocenters. The first kappa shape index (κ1) is 12.2. The summed E-state index contributed by atoms with van der Waals surface area (Å²) in [7, 11) is 6.25. The summed E-state index contributed by atoms with van der Waals surface area (Å²) in [5, 5.41) is 3.38. The summed E-state index contributed by atoms with van der Waals surface area (Å²) in [5.41, 5.74) is 2.66. The van der Waals surface area contributed by atoms with Crippen LogP contribution in [0.4, 0.5) is 0 Å². The molecule has 0 fully saturated rings. The predicted molar refractivity (Wildman–Crippen MR) is 66.1 cm³/mol. The second-order valence-corrected chi connectivity index (χ2v) is 4.38. The van der Waals surface area contributed by atoms with Gasteiger partial charge in [0.05, 0.1) is 0 Å². The Kier molecular flexibility index (Phi) is 4.30. The Balaban J connectivity index is 2.87. The number of benzene rings is 1. The maximum atomic E-state index is 3.38. The Morgan fingerprint density at radius 1 is 1.13 bits per heavy atom. The van der Waals surface area contributed by atoms with E-state index in [1.165, 1.54) is 11.1 Å². The summed E-state index contributed by atoms with van der Waals surface area (Å²) in [4.78, 5) is 2.24. The average molecular weight is 206 g/mol. The number of rotatable bonds is 4. The van der Waals surface area contributed by atoms with Gasteiger partial charge in [-0.3, -0.25) is 0 Å². The first-order valence-electron chi connectivity index (χ1n) is 5.46. The van der Waals surface area contributed by atoms with Crippen molar-refractivity contribution in [2.75, 3.05) is 21.1 Å². The van der Waals surface area contributed by atoms with Crippen LogP contribution in [0.25, 0.3) is 0 Å². The molecule has 0 saturated carbocycles. The lowest BCUT2D eigenvalue weighted by atomic mass is 9.99. The van der Waals surface area contributed by atoms with E-state index in [9.17, 15) is 0 Å². The van der Waals surface area contributed by atoms with Gasteiger partial charge in [0.2, 0.25) is 0 Å². The van der Waals surface area contributed by atoms with E-state index in [0.29, 0.717) is 12.1 Å².